The Morgan fingerprint density at radius 3 is 2.72 bits per heavy atom. The van der Waals surface area contributed by atoms with Crippen molar-refractivity contribution in [3.8, 4) is 0 Å². The first kappa shape index (κ1) is 13.8. The number of hydrogen-bond acceptors (Lipinski definition) is 1. The predicted octanol–water partition coefficient (Wildman–Crippen LogP) is 4.48. The molecule has 0 bridgehead atoms. The van der Waals surface area contributed by atoms with Crippen molar-refractivity contribution < 1.29 is 13.9 Å². The summed E-state index contributed by atoms with van der Waals surface area (Å²) in [6.07, 6.45) is 2.78. The molecule has 4 heteroatoms. The molecule has 1 aliphatic rings. The summed E-state index contributed by atoms with van der Waals surface area (Å²) >= 11 is 5.89. The van der Waals surface area contributed by atoms with E-state index in [4.69, 9.17) is 11.6 Å². The Morgan fingerprint density at radius 2 is 2.06 bits per heavy atom. The largest absolute Gasteiger partial charge is 0.388 e. The van der Waals surface area contributed by atoms with E-state index in [1.807, 2.05) is 0 Å². The Hall–Kier alpha value is -0.670. The van der Waals surface area contributed by atoms with Gasteiger partial charge in [-0.25, -0.2) is 8.78 Å². The molecule has 1 nitrogen and oxygen atoms in total. The van der Waals surface area contributed by atoms with Gasteiger partial charge in [-0.3, -0.25) is 0 Å². The molecule has 0 aliphatic heterocycles. The van der Waals surface area contributed by atoms with Crippen LogP contribution in [0.2, 0.25) is 5.02 Å². The fraction of sp³-hybridized carbons (Fsp3) is 0.571. The summed E-state index contributed by atoms with van der Waals surface area (Å²) in [7, 11) is 0. The topological polar surface area (TPSA) is 20.2 Å². The van der Waals surface area contributed by atoms with Crippen molar-refractivity contribution >= 4 is 11.6 Å². The molecule has 1 fully saturated rings. The molecule has 0 spiro atoms. The average Bonchev–Trinajstić information content (AvgIpc) is 2.34. The van der Waals surface area contributed by atoms with Crippen molar-refractivity contribution in [2.24, 2.45) is 11.8 Å². The third kappa shape index (κ3) is 2.67. The first-order valence-corrected chi connectivity index (χ1v) is 6.70. The first-order chi connectivity index (χ1) is 8.50. The summed E-state index contributed by atoms with van der Waals surface area (Å²) < 4.78 is 27.0. The molecular weight excluding hydrogens is 258 g/mol. The fourth-order valence-corrected chi connectivity index (χ4v) is 3.08. The van der Waals surface area contributed by atoms with Crippen LogP contribution < -0.4 is 0 Å². The minimum atomic E-state index is -1.02. The van der Waals surface area contributed by atoms with Crippen molar-refractivity contribution in [3.63, 3.8) is 0 Å². The van der Waals surface area contributed by atoms with Gasteiger partial charge in [-0.05, 0) is 36.8 Å². The second-order valence-electron chi connectivity index (χ2n) is 5.23. The molecule has 3 atom stereocenters. The lowest BCUT2D eigenvalue weighted by Crippen LogP contribution is -2.21. The Kier molecular flexibility index (Phi) is 4.23. The first-order valence-electron chi connectivity index (χ1n) is 6.32. The smallest absolute Gasteiger partial charge is 0.166 e. The zero-order valence-electron chi connectivity index (χ0n) is 10.3. The summed E-state index contributed by atoms with van der Waals surface area (Å²) in [4.78, 5) is 0. The highest BCUT2D eigenvalue weighted by Gasteiger charge is 2.30. The highest BCUT2D eigenvalue weighted by molar-refractivity contribution is 6.31. The van der Waals surface area contributed by atoms with Crippen molar-refractivity contribution in [1.82, 2.24) is 0 Å². The maximum absolute atomic E-state index is 13.7. The number of aliphatic hydroxyl groups is 1. The van der Waals surface area contributed by atoms with Crippen molar-refractivity contribution in [2.75, 3.05) is 0 Å². The maximum Gasteiger partial charge on any atom is 0.166 e. The van der Waals surface area contributed by atoms with Gasteiger partial charge in [0.25, 0.3) is 0 Å². The van der Waals surface area contributed by atoms with Crippen molar-refractivity contribution in [2.45, 2.75) is 38.7 Å². The second kappa shape index (κ2) is 5.54. The Morgan fingerprint density at radius 1 is 1.33 bits per heavy atom. The van der Waals surface area contributed by atoms with E-state index < -0.39 is 17.7 Å². The van der Waals surface area contributed by atoms with E-state index in [0.717, 1.165) is 31.7 Å². The van der Waals surface area contributed by atoms with Crippen LogP contribution in [-0.4, -0.2) is 5.11 Å². The van der Waals surface area contributed by atoms with Crippen LogP contribution in [0, 0.1) is 23.5 Å². The van der Waals surface area contributed by atoms with Crippen LogP contribution in [0.15, 0.2) is 12.1 Å². The summed E-state index contributed by atoms with van der Waals surface area (Å²) in [6.45, 7) is 2.11. The standard InChI is InChI=1S/C14H17ClF2O/c1-8-3-2-4-9(7-8)14(18)12-10(15)5-6-11(16)13(12)17/h5-6,8-9,14,18H,2-4,7H2,1H3. The van der Waals surface area contributed by atoms with Crippen LogP contribution in [0.4, 0.5) is 8.78 Å². The zero-order chi connectivity index (χ0) is 13.3. The molecule has 1 aromatic rings. The molecule has 0 aromatic heterocycles. The van der Waals surface area contributed by atoms with Gasteiger partial charge in [-0.15, -0.1) is 0 Å². The van der Waals surface area contributed by atoms with Crippen LogP contribution in [0.5, 0.6) is 0 Å². The van der Waals surface area contributed by atoms with Gasteiger partial charge in [0.2, 0.25) is 0 Å². The number of rotatable bonds is 2. The molecule has 1 aromatic carbocycles. The monoisotopic (exact) mass is 274 g/mol. The molecule has 100 valence electrons. The van der Waals surface area contributed by atoms with E-state index in [9.17, 15) is 13.9 Å². The van der Waals surface area contributed by atoms with E-state index in [1.165, 1.54) is 6.07 Å². The van der Waals surface area contributed by atoms with E-state index in [2.05, 4.69) is 6.92 Å². The Balaban J connectivity index is 2.28. The molecule has 18 heavy (non-hydrogen) atoms. The Bertz CT molecular complexity index is 436. The lowest BCUT2D eigenvalue weighted by atomic mass is 9.78. The van der Waals surface area contributed by atoms with Crippen LogP contribution in [-0.2, 0) is 0 Å². The van der Waals surface area contributed by atoms with Gasteiger partial charge in [0.15, 0.2) is 11.6 Å². The van der Waals surface area contributed by atoms with Crippen molar-refractivity contribution in [3.05, 3.63) is 34.4 Å². The van der Waals surface area contributed by atoms with Crippen molar-refractivity contribution in [1.29, 1.82) is 0 Å². The van der Waals surface area contributed by atoms with Gasteiger partial charge in [0.1, 0.15) is 0 Å². The molecule has 0 radical (unpaired) electrons. The van der Waals surface area contributed by atoms with Gasteiger partial charge in [-0.2, -0.15) is 0 Å². The van der Waals surface area contributed by atoms with E-state index in [1.54, 1.807) is 0 Å². The zero-order valence-corrected chi connectivity index (χ0v) is 11.1. The third-order valence-electron chi connectivity index (χ3n) is 3.80. The van der Waals surface area contributed by atoms with E-state index in [0.29, 0.717) is 5.92 Å². The molecule has 3 unspecified atom stereocenters. The SMILES string of the molecule is CC1CCCC(C(O)c2c(Cl)ccc(F)c2F)C1. The second-order valence-corrected chi connectivity index (χ2v) is 5.64. The highest BCUT2D eigenvalue weighted by atomic mass is 35.5. The lowest BCUT2D eigenvalue weighted by molar-refractivity contribution is 0.0680. The van der Waals surface area contributed by atoms with Crippen LogP contribution >= 0.6 is 11.6 Å². The molecule has 1 saturated carbocycles. The van der Waals surface area contributed by atoms with Gasteiger partial charge in [0.05, 0.1) is 6.10 Å². The van der Waals surface area contributed by atoms with E-state index >= 15 is 0 Å². The third-order valence-corrected chi connectivity index (χ3v) is 4.13. The lowest BCUT2D eigenvalue weighted by Gasteiger charge is -2.31. The summed E-state index contributed by atoms with van der Waals surface area (Å²) in [5.74, 6) is -1.51. The van der Waals surface area contributed by atoms with Gasteiger partial charge in [0, 0.05) is 10.6 Å². The highest BCUT2D eigenvalue weighted by Crippen LogP contribution is 2.40. The van der Waals surface area contributed by atoms with Gasteiger partial charge in [-0.1, -0.05) is 31.4 Å². The number of halogens is 3. The molecule has 1 N–H and O–H groups in total. The van der Waals surface area contributed by atoms with Gasteiger partial charge < -0.3 is 5.11 Å². The minimum Gasteiger partial charge on any atom is -0.388 e. The summed E-state index contributed by atoms with van der Waals surface area (Å²) in [5, 5.41) is 10.4. The van der Waals surface area contributed by atoms with Gasteiger partial charge >= 0.3 is 0 Å². The fourth-order valence-electron chi connectivity index (χ4n) is 2.82. The van der Waals surface area contributed by atoms with Crippen LogP contribution in [0.25, 0.3) is 0 Å². The Labute approximate surface area is 111 Å². The summed E-state index contributed by atoms with van der Waals surface area (Å²) in [5.41, 5.74) is -0.0873. The normalized spacial score (nSPS) is 26.1. The van der Waals surface area contributed by atoms with Crippen LogP contribution in [0.1, 0.15) is 44.3 Å². The number of hydrogen-bond donors (Lipinski definition) is 1. The number of aliphatic hydroxyl groups excluding tert-OH is 1. The minimum absolute atomic E-state index is 0.0393. The van der Waals surface area contributed by atoms with Crippen LogP contribution in [0.3, 0.4) is 0 Å². The summed E-state index contributed by atoms with van der Waals surface area (Å²) in [6, 6.07) is 2.28. The quantitative estimate of drug-likeness (QED) is 0.789. The molecule has 2 rings (SSSR count). The molecule has 0 saturated heterocycles. The maximum atomic E-state index is 13.7. The molecule has 0 heterocycles. The van der Waals surface area contributed by atoms with E-state index in [-0.39, 0.29) is 16.5 Å². The molecule has 1 aliphatic carbocycles. The molecule has 0 amide bonds. The molecular formula is C14H17ClF2O. The average molecular weight is 275 g/mol. The predicted molar refractivity (Wildman–Crippen MR) is 67.4 cm³/mol. The number of benzene rings is 1.